The van der Waals surface area contributed by atoms with Crippen LogP contribution in [0, 0.1) is 0 Å². The van der Waals surface area contributed by atoms with E-state index in [9.17, 15) is 9.90 Å². The molecule has 0 aliphatic heterocycles. The molecule has 128 valence electrons. The summed E-state index contributed by atoms with van der Waals surface area (Å²) in [6.07, 6.45) is 6.75. The first-order valence-corrected chi connectivity index (χ1v) is 8.62. The molecule has 1 atom stereocenters. The average Bonchev–Trinajstić information content (AvgIpc) is 3.24. The second kappa shape index (κ2) is 7.18. The number of rotatable bonds is 6. The molecule has 1 aliphatic rings. The Labute approximate surface area is 142 Å². The van der Waals surface area contributed by atoms with Crippen molar-refractivity contribution in [3.05, 3.63) is 42.1 Å². The summed E-state index contributed by atoms with van der Waals surface area (Å²) >= 11 is 0. The van der Waals surface area contributed by atoms with Gasteiger partial charge in [0, 0.05) is 17.7 Å². The lowest BCUT2D eigenvalue weighted by Gasteiger charge is -2.22. The quantitative estimate of drug-likeness (QED) is 0.881. The lowest BCUT2D eigenvalue weighted by molar-refractivity contribution is -0.142. The Kier molecular flexibility index (Phi) is 5.00. The summed E-state index contributed by atoms with van der Waals surface area (Å²) in [5, 5.41) is 13.9. The number of aromatic nitrogens is 2. The van der Waals surface area contributed by atoms with Gasteiger partial charge in [-0.05, 0) is 26.8 Å². The highest BCUT2D eigenvalue weighted by Crippen LogP contribution is 2.35. The first kappa shape index (κ1) is 16.7. The molecule has 1 aromatic heterocycles. The number of likely N-dealkylation sites (N-methyl/N-ethyl adjacent to an activating group) is 1. The molecular weight excluding hydrogens is 302 g/mol. The van der Waals surface area contributed by atoms with Crippen molar-refractivity contribution in [2.75, 3.05) is 7.05 Å². The summed E-state index contributed by atoms with van der Waals surface area (Å²) in [6.45, 7) is 2.29. The highest BCUT2D eigenvalue weighted by Gasteiger charge is 2.25. The van der Waals surface area contributed by atoms with Crippen LogP contribution in [0.15, 0.2) is 36.5 Å². The van der Waals surface area contributed by atoms with Crippen LogP contribution in [0.25, 0.3) is 11.3 Å². The van der Waals surface area contributed by atoms with Crippen LogP contribution in [0.1, 0.15) is 44.2 Å². The van der Waals surface area contributed by atoms with Crippen molar-refractivity contribution < 1.29 is 9.90 Å². The number of carboxylic acids is 1. The standard InChI is InChI=1S/C19H25N3O2/c1-14(19(23)24)21(2)13-16-12-20-22(17-10-6-7-11-17)18(16)15-8-4-3-5-9-15/h3-5,8-9,12,14,17H,6-7,10-11,13H2,1-2H3,(H,23,24). The predicted octanol–water partition coefficient (Wildman–Crippen LogP) is 3.57. The van der Waals surface area contributed by atoms with E-state index in [2.05, 4.69) is 21.9 Å². The molecule has 1 N–H and O–H groups in total. The van der Waals surface area contributed by atoms with Gasteiger partial charge in [-0.1, -0.05) is 43.2 Å². The monoisotopic (exact) mass is 327 g/mol. The second-order valence-electron chi connectivity index (χ2n) is 6.70. The number of hydrogen-bond acceptors (Lipinski definition) is 3. The fourth-order valence-corrected chi connectivity index (χ4v) is 3.45. The smallest absolute Gasteiger partial charge is 0.320 e. The fourth-order valence-electron chi connectivity index (χ4n) is 3.45. The highest BCUT2D eigenvalue weighted by atomic mass is 16.4. The van der Waals surface area contributed by atoms with E-state index in [4.69, 9.17) is 0 Å². The number of aliphatic carboxylic acids is 1. The van der Waals surface area contributed by atoms with Crippen LogP contribution in [0.2, 0.25) is 0 Å². The van der Waals surface area contributed by atoms with Gasteiger partial charge in [0.1, 0.15) is 6.04 Å². The van der Waals surface area contributed by atoms with Gasteiger partial charge in [-0.2, -0.15) is 5.10 Å². The Morgan fingerprint density at radius 3 is 2.62 bits per heavy atom. The SMILES string of the molecule is CC(C(=O)O)N(C)Cc1cnn(C2CCCC2)c1-c1ccccc1. The highest BCUT2D eigenvalue weighted by molar-refractivity contribution is 5.73. The van der Waals surface area contributed by atoms with Crippen LogP contribution in [-0.2, 0) is 11.3 Å². The van der Waals surface area contributed by atoms with Crippen molar-refractivity contribution >= 4 is 5.97 Å². The zero-order chi connectivity index (χ0) is 17.1. The fraction of sp³-hybridized carbons (Fsp3) is 0.474. The molecule has 5 heteroatoms. The van der Waals surface area contributed by atoms with Crippen molar-refractivity contribution in [1.82, 2.24) is 14.7 Å². The lowest BCUT2D eigenvalue weighted by Crippen LogP contribution is -2.35. The molecule has 5 nitrogen and oxygen atoms in total. The van der Waals surface area contributed by atoms with Crippen LogP contribution in [-0.4, -0.2) is 38.8 Å². The second-order valence-corrected chi connectivity index (χ2v) is 6.70. The summed E-state index contributed by atoms with van der Waals surface area (Å²) < 4.78 is 2.16. The third kappa shape index (κ3) is 3.36. The van der Waals surface area contributed by atoms with E-state index in [1.807, 2.05) is 36.3 Å². The van der Waals surface area contributed by atoms with Crippen molar-refractivity contribution in [2.45, 2.75) is 51.2 Å². The summed E-state index contributed by atoms with van der Waals surface area (Å²) in [4.78, 5) is 13.1. The molecule has 2 aromatic rings. The Morgan fingerprint density at radius 1 is 1.33 bits per heavy atom. The first-order valence-electron chi connectivity index (χ1n) is 8.62. The largest absolute Gasteiger partial charge is 0.480 e. The molecule has 3 rings (SSSR count). The zero-order valence-electron chi connectivity index (χ0n) is 14.4. The van der Waals surface area contributed by atoms with Crippen molar-refractivity contribution in [1.29, 1.82) is 0 Å². The zero-order valence-corrected chi connectivity index (χ0v) is 14.4. The lowest BCUT2D eigenvalue weighted by atomic mass is 10.1. The number of carboxylic acid groups (broad SMARTS) is 1. The van der Waals surface area contributed by atoms with Gasteiger partial charge in [-0.3, -0.25) is 14.4 Å². The van der Waals surface area contributed by atoms with Gasteiger partial charge in [0.15, 0.2) is 0 Å². The summed E-state index contributed by atoms with van der Waals surface area (Å²) in [6, 6.07) is 10.2. The van der Waals surface area contributed by atoms with E-state index in [0.29, 0.717) is 12.6 Å². The van der Waals surface area contributed by atoms with Crippen LogP contribution in [0.5, 0.6) is 0 Å². The van der Waals surface area contributed by atoms with Gasteiger partial charge >= 0.3 is 5.97 Å². The molecule has 24 heavy (non-hydrogen) atoms. The molecule has 1 heterocycles. The minimum Gasteiger partial charge on any atom is -0.480 e. The molecule has 1 unspecified atom stereocenters. The van der Waals surface area contributed by atoms with Crippen LogP contribution in [0.3, 0.4) is 0 Å². The molecule has 1 aliphatic carbocycles. The van der Waals surface area contributed by atoms with Crippen molar-refractivity contribution in [2.24, 2.45) is 0 Å². The minimum absolute atomic E-state index is 0.455. The summed E-state index contributed by atoms with van der Waals surface area (Å²) in [5.74, 6) is -0.804. The van der Waals surface area contributed by atoms with Gasteiger partial charge in [0.25, 0.3) is 0 Å². The Balaban J connectivity index is 1.95. The topological polar surface area (TPSA) is 58.4 Å². The molecule has 0 amide bonds. The number of nitrogens with zero attached hydrogens (tertiary/aromatic N) is 3. The average molecular weight is 327 g/mol. The molecule has 0 spiro atoms. The predicted molar refractivity (Wildman–Crippen MR) is 93.7 cm³/mol. The third-order valence-electron chi connectivity index (χ3n) is 5.03. The molecule has 1 aromatic carbocycles. The van der Waals surface area contributed by atoms with Gasteiger partial charge in [-0.15, -0.1) is 0 Å². The Hall–Kier alpha value is -2.14. The number of hydrogen-bond donors (Lipinski definition) is 1. The first-order chi connectivity index (χ1) is 11.6. The molecule has 0 bridgehead atoms. The van der Waals surface area contributed by atoms with Crippen LogP contribution >= 0.6 is 0 Å². The molecule has 0 saturated heterocycles. The maximum absolute atomic E-state index is 11.2. The van der Waals surface area contributed by atoms with Crippen molar-refractivity contribution in [3.8, 4) is 11.3 Å². The number of carbonyl (C=O) groups is 1. The third-order valence-corrected chi connectivity index (χ3v) is 5.03. The number of benzene rings is 1. The molecular formula is C19H25N3O2. The normalized spacial score (nSPS) is 16.6. The van der Waals surface area contributed by atoms with Gasteiger partial charge in [0.2, 0.25) is 0 Å². The summed E-state index contributed by atoms with van der Waals surface area (Å²) in [7, 11) is 1.85. The Bertz CT molecular complexity index is 690. The minimum atomic E-state index is -0.804. The van der Waals surface area contributed by atoms with E-state index >= 15 is 0 Å². The van der Waals surface area contributed by atoms with Gasteiger partial charge < -0.3 is 5.11 Å². The maximum atomic E-state index is 11.2. The molecule has 1 fully saturated rings. The summed E-state index contributed by atoms with van der Waals surface area (Å²) in [5.41, 5.74) is 3.36. The van der Waals surface area contributed by atoms with Crippen molar-refractivity contribution in [3.63, 3.8) is 0 Å². The Morgan fingerprint density at radius 2 is 2.00 bits per heavy atom. The van der Waals surface area contributed by atoms with E-state index in [1.54, 1.807) is 6.92 Å². The molecule has 0 radical (unpaired) electrons. The van der Waals surface area contributed by atoms with Crippen LogP contribution < -0.4 is 0 Å². The van der Waals surface area contributed by atoms with Gasteiger partial charge in [0.05, 0.1) is 17.9 Å². The molecule has 1 saturated carbocycles. The van der Waals surface area contributed by atoms with E-state index < -0.39 is 12.0 Å². The van der Waals surface area contributed by atoms with E-state index in [1.165, 1.54) is 25.7 Å². The van der Waals surface area contributed by atoms with E-state index in [0.717, 1.165) is 16.8 Å². The van der Waals surface area contributed by atoms with E-state index in [-0.39, 0.29) is 0 Å². The van der Waals surface area contributed by atoms with Gasteiger partial charge in [-0.25, -0.2) is 0 Å². The maximum Gasteiger partial charge on any atom is 0.320 e. The van der Waals surface area contributed by atoms with Crippen LogP contribution in [0.4, 0.5) is 0 Å².